The molecule has 0 radical (unpaired) electrons. The Morgan fingerprint density at radius 1 is 0.485 bits per heavy atom. The quantitative estimate of drug-likeness (QED) is 0.123. The molecule has 0 amide bonds. The molecule has 11 aromatic rings. The predicted molar refractivity (Wildman–Crippen MR) is 285 cm³/mol. The lowest BCUT2D eigenvalue weighted by Crippen LogP contribution is -2.10. The molecule has 0 aliphatic rings. The van der Waals surface area contributed by atoms with Crippen LogP contribution in [0.1, 0.15) is 83.2 Å². The van der Waals surface area contributed by atoms with Crippen LogP contribution in [0.2, 0.25) is 0 Å². The van der Waals surface area contributed by atoms with E-state index in [9.17, 15) is 0 Å². The van der Waals surface area contributed by atoms with Crippen molar-refractivity contribution in [2.45, 2.75) is 80.1 Å². The molecule has 0 atom stereocenters. The van der Waals surface area contributed by atoms with Crippen LogP contribution < -0.4 is 0 Å². The van der Waals surface area contributed by atoms with Gasteiger partial charge < -0.3 is 8.83 Å². The van der Waals surface area contributed by atoms with Crippen molar-refractivity contribution in [1.82, 2.24) is 0 Å². The van der Waals surface area contributed by atoms with Crippen molar-refractivity contribution < 1.29 is 8.83 Å². The summed E-state index contributed by atoms with van der Waals surface area (Å²) < 4.78 is 14.3. The van der Waals surface area contributed by atoms with Gasteiger partial charge in [0, 0.05) is 43.1 Å². The smallest absolute Gasteiger partial charge is 0.143 e. The summed E-state index contributed by atoms with van der Waals surface area (Å²) >= 11 is 0. The standard InChI is InChI=1S/C64H56O2/c1-13-36(4)57(35(2)3)47-33-53-60-50(32-52-46-28-22-42(30-56(46)65-61(52)53)40-19-25-44(26-20-40)64(10,11)12)48(58-37(5)15-14-16-38(58)6)34-54-59(60)49(47)31-51-45-27-21-41(29-55(45)66-62(51)54)39-17-23-43(24-18-39)63(7,8)9/h13-34H,1-2H2,3-12H3/b57-36+. The molecule has 11 rings (SSSR count). The van der Waals surface area contributed by atoms with Gasteiger partial charge in [0.25, 0.3) is 0 Å². The highest BCUT2D eigenvalue weighted by atomic mass is 16.3. The van der Waals surface area contributed by atoms with E-state index in [4.69, 9.17) is 8.83 Å². The minimum Gasteiger partial charge on any atom is -0.455 e. The van der Waals surface area contributed by atoms with E-state index in [1.54, 1.807) is 0 Å². The van der Waals surface area contributed by atoms with Gasteiger partial charge in [-0.15, -0.1) is 0 Å². The minimum atomic E-state index is 0.0825. The second kappa shape index (κ2) is 14.7. The summed E-state index contributed by atoms with van der Waals surface area (Å²) in [4.78, 5) is 0. The van der Waals surface area contributed by atoms with Crippen LogP contribution >= 0.6 is 0 Å². The molecular formula is C64H56O2. The van der Waals surface area contributed by atoms with Crippen LogP contribution in [0.4, 0.5) is 0 Å². The van der Waals surface area contributed by atoms with Gasteiger partial charge in [0.05, 0.1) is 0 Å². The molecule has 2 nitrogen and oxygen atoms in total. The van der Waals surface area contributed by atoms with E-state index in [0.29, 0.717) is 0 Å². The molecule has 0 saturated heterocycles. The minimum absolute atomic E-state index is 0.0825. The van der Waals surface area contributed by atoms with Gasteiger partial charge in [-0.1, -0.05) is 145 Å². The molecule has 2 heterocycles. The highest BCUT2D eigenvalue weighted by molar-refractivity contribution is 6.38. The monoisotopic (exact) mass is 856 g/mol. The second-order valence-corrected chi connectivity index (χ2v) is 20.9. The molecule has 0 fully saturated rings. The van der Waals surface area contributed by atoms with Gasteiger partial charge in [0.2, 0.25) is 0 Å². The molecule has 0 bridgehead atoms. The zero-order valence-electron chi connectivity index (χ0n) is 39.9. The molecule has 0 unspecified atom stereocenters. The molecule has 0 saturated carbocycles. The molecule has 66 heavy (non-hydrogen) atoms. The molecule has 0 aliphatic heterocycles. The molecule has 2 heteroatoms. The zero-order valence-corrected chi connectivity index (χ0v) is 39.9. The van der Waals surface area contributed by atoms with Gasteiger partial charge in [0.15, 0.2) is 0 Å². The number of aryl methyl sites for hydroxylation is 2. The fourth-order valence-electron chi connectivity index (χ4n) is 10.8. The van der Waals surface area contributed by atoms with Crippen molar-refractivity contribution in [3.63, 3.8) is 0 Å². The summed E-state index contributed by atoms with van der Waals surface area (Å²) in [5.74, 6) is 0. The van der Waals surface area contributed by atoms with Crippen LogP contribution in [0.3, 0.4) is 0 Å². The van der Waals surface area contributed by atoms with Crippen LogP contribution in [-0.4, -0.2) is 0 Å². The lowest BCUT2D eigenvalue weighted by Gasteiger charge is -2.21. The number of benzene rings is 9. The summed E-state index contributed by atoms with van der Waals surface area (Å²) in [5.41, 5.74) is 20.1. The molecule has 0 aliphatic carbocycles. The first kappa shape index (κ1) is 41.5. The first-order valence-electron chi connectivity index (χ1n) is 23.3. The summed E-state index contributed by atoms with van der Waals surface area (Å²) in [7, 11) is 0. The van der Waals surface area contributed by atoms with Crippen molar-refractivity contribution in [2.24, 2.45) is 0 Å². The third kappa shape index (κ3) is 6.37. The lowest BCUT2D eigenvalue weighted by molar-refractivity contribution is 0.590. The zero-order chi connectivity index (χ0) is 46.1. The van der Waals surface area contributed by atoms with Gasteiger partial charge in [-0.05, 0) is 170 Å². The number of hydrogen-bond acceptors (Lipinski definition) is 2. The fraction of sp³-hybridized carbons (Fsp3) is 0.188. The Balaban J connectivity index is 1.27. The molecule has 0 spiro atoms. The first-order valence-corrected chi connectivity index (χ1v) is 23.3. The maximum atomic E-state index is 7.16. The summed E-state index contributed by atoms with van der Waals surface area (Å²) in [6.07, 6.45) is 1.95. The van der Waals surface area contributed by atoms with Crippen LogP contribution in [-0.2, 0) is 10.8 Å². The Morgan fingerprint density at radius 2 is 0.939 bits per heavy atom. The highest BCUT2D eigenvalue weighted by Crippen LogP contribution is 2.52. The summed E-state index contributed by atoms with van der Waals surface area (Å²) in [5, 5.41) is 11.2. The van der Waals surface area contributed by atoms with Crippen molar-refractivity contribution >= 4 is 81.8 Å². The Labute approximate surface area is 387 Å². The van der Waals surface area contributed by atoms with Gasteiger partial charge in [-0.25, -0.2) is 0 Å². The number of hydrogen-bond donors (Lipinski definition) is 0. The Bertz CT molecular complexity index is 3780. The second-order valence-electron chi connectivity index (χ2n) is 20.9. The fourth-order valence-corrected chi connectivity index (χ4v) is 10.8. The molecule has 0 N–H and O–H groups in total. The van der Waals surface area contributed by atoms with Crippen molar-refractivity contribution in [1.29, 1.82) is 0 Å². The van der Waals surface area contributed by atoms with Gasteiger partial charge in [-0.2, -0.15) is 0 Å². The van der Waals surface area contributed by atoms with Crippen molar-refractivity contribution in [3.8, 4) is 33.4 Å². The topological polar surface area (TPSA) is 26.3 Å². The maximum absolute atomic E-state index is 7.16. The van der Waals surface area contributed by atoms with Crippen LogP contribution in [0, 0.1) is 13.8 Å². The Kier molecular flexibility index (Phi) is 9.24. The highest BCUT2D eigenvalue weighted by Gasteiger charge is 2.27. The van der Waals surface area contributed by atoms with Crippen molar-refractivity contribution in [3.05, 3.63) is 186 Å². The SMILES string of the molecule is C=C/C(C)=C(\C(=C)C)c1cc2c3oc4cc(-c5ccc(C(C)(C)C)cc5)ccc4c3cc3c(-c4c(C)cccc4C)cc4c5oc6cc(-c7ccc(C(C)(C)C)cc7)ccc6c5cc1c4c32. The van der Waals surface area contributed by atoms with E-state index in [1.165, 1.54) is 55.3 Å². The van der Waals surface area contributed by atoms with Gasteiger partial charge >= 0.3 is 0 Å². The summed E-state index contributed by atoms with van der Waals surface area (Å²) in [6.45, 7) is 31.1. The average molecular weight is 857 g/mol. The third-order valence-corrected chi connectivity index (χ3v) is 14.3. The molecule has 2 aromatic heterocycles. The van der Waals surface area contributed by atoms with E-state index in [0.717, 1.165) is 98.8 Å². The number of rotatable bonds is 6. The molecular weight excluding hydrogens is 801 g/mol. The van der Waals surface area contributed by atoms with E-state index < -0.39 is 0 Å². The molecule has 324 valence electrons. The normalized spacial score (nSPS) is 13.1. The first-order chi connectivity index (χ1) is 31.5. The van der Waals surface area contributed by atoms with Crippen molar-refractivity contribution in [2.75, 3.05) is 0 Å². The van der Waals surface area contributed by atoms with Crippen LogP contribution in [0.25, 0.3) is 115 Å². The Hall–Kier alpha value is -7.16. The Morgan fingerprint density at radius 3 is 1.41 bits per heavy atom. The average Bonchev–Trinajstić information content (AvgIpc) is 3.85. The van der Waals surface area contributed by atoms with Crippen LogP contribution in [0.5, 0.6) is 0 Å². The number of furan rings is 2. The van der Waals surface area contributed by atoms with Crippen LogP contribution in [0.15, 0.2) is 167 Å². The van der Waals surface area contributed by atoms with E-state index in [2.05, 4.69) is 210 Å². The largest absolute Gasteiger partial charge is 0.455 e. The van der Waals surface area contributed by atoms with E-state index in [1.807, 2.05) is 6.08 Å². The lowest BCUT2D eigenvalue weighted by atomic mass is 9.81. The number of allylic oxidation sites excluding steroid dienone is 4. The third-order valence-electron chi connectivity index (χ3n) is 14.3. The number of fused-ring (bicyclic) bond motifs is 8. The maximum Gasteiger partial charge on any atom is 0.143 e. The molecule has 9 aromatic carbocycles. The van der Waals surface area contributed by atoms with E-state index in [-0.39, 0.29) is 10.8 Å². The van der Waals surface area contributed by atoms with Gasteiger partial charge in [-0.3, -0.25) is 0 Å². The summed E-state index contributed by atoms with van der Waals surface area (Å²) in [6, 6.07) is 47.5. The predicted octanol–water partition coefficient (Wildman–Crippen LogP) is 19.1. The van der Waals surface area contributed by atoms with Gasteiger partial charge in [0.1, 0.15) is 22.3 Å². The van der Waals surface area contributed by atoms with E-state index >= 15 is 0 Å².